The fourth-order valence-corrected chi connectivity index (χ4v) is 4.17. The van der Waals surface area contributed by atoms with Crippen LogP contribution in [0.4, 0.5) is 5.69 Å². The number of anilines is 1. The SMILES string of the molecule is CCC(=O)N(c1ccccc1)C1CCN(CCc2ccccc2)CC1.CCOC(C)OCC. The first-order chi connectivity index (χ1) is 16.1. The zero-order valence-corrected chi connectivity index (χ0v) is 20.9. The Morgan fingerprint density at radius 1 is 0.939 bits per heavy atom. The Bertz CT molecular complexity index is 755. The molecule has 1 amide bonds. The second-order valence-electron chi connectivity index (χ2n) is 8.24. The maximum Gasteiger partial charge on any atom is 0.226 e. The molecule has 1 fully saturated rings. The van der Waals surface area contributed by atoms with Gasteiger partial charge in [-0.05, 0) is 57.7 Å². The van der Waals surface area contributed by atoms with E-state index in [2.05, 4.69) is 47.4 Å². The van der Waals surface area contributed by atoms with Gasteiger partial charge in [-0.1, -0.05) is 55.5 Å². The molecule has 1 aliphatic rings. The highest BCUT2D eigenvalue weighted by Crippen LogP contribution is 2.24. The lowest BCUT2D eigenvalue weighted by Crippen LogP contribution is -2.47. The zero-order valence-electron chi connectivity index (χ0n) is 20.9. The third-order valence-electron chi connectivity index (χ3n) is 5.89. The quantitative estimate of drug-likeness (QED) is 0.442. The molecule has 182 valence electrons. The lowest BCUT2D eigenvalue weighted by Gasteiger charge is -2.38. The Morgan fingerprint density at radius 2 is 1.48 bits per heavy atom. The molecule has 5 nitrogen and oxygen atoms in total. The minimum atomic E-state index is -0.0370. The van der Waals surface area contributed by atoms with E-state index in [-0.39, 0.29) is 12.2 Å². The normalized spacial score (nSPS) is 14.6. The van der Waals surface area contributed by atoms with Gasteiger partial charge in [-0.2, -0.15) is 0 Å². The van der Waals surface area contributed by atoms with E-state index in [1.165, 1.54) is 5.56 Å². The molecule has 0 saturated carbocycles. The molecule has 0 aromatic heterocycles. The van der Waals surface area contributed by atoms with Crippen LogP contribution in [0.5, 0.6) is 0 Å². The van der Waals surface area contributed by atoms with Gasteiger partial charge in [-0.25, -0.2) is 0 Å². The van der Waals surface area contributed by atoms with Gasteiger partial charge < -0.3 is 19.3 Å². The van der Waals surface area contributed by atoms with Crippen LogP contribution in [0.15, 0.2) is 60.7 Å². The summed E-state index contributed by atoms with van der Waals surface area (Å²) in [6.07, 6.45) is 3.72. The molecule has 0 aliphatic carbocycles. The molecule has 1 saturated heterocycles. The first kappa shape index (κ1) is 27.0. The van der Waals surface area contributed by atoms with Crippen LogP contribution in [-0.4, -0.2) is 56.0 Å². The minimum Gasteiger partial charge on any atom is -0.353 e. The van der Waals surface area contributed by atoms with E-state index in [0.717, 1.165) is 57.8 Å². The molecule has 33 heavy (non-hydrogen) atoms. The van der Waals surface area contributed by atoms with Crippen molar-refractivity contribution in [3.8, 4) is 0 Å². The maximum absolute atomic E-state index is 12.5. The van der Waals surface area contributed by atoms with Gasteiger partial charge in [-0.3, -0.25) is 4.79 Å². The summed E-state index contributed by atoms with van der Waals surface area (Å²) in [5.41, 5.74) is 2.44. The zero-order chi connectivity index (χ0) is 23.9. The number of rotatable bonds is 10. The number of carbonyl (C=O) groups is 1. The summed E-state index contributed by atoms with van der Waals surface area (Å²) in [5.74, 6) is 0.230. The molecule has 1 heterocycles. The van der Waals surface area contributed by atoms with E-state index in [4.69, 9.17) is 9.47 Å². The molecular weight excluding hydrogens is 412 g/mol. The molecular formula is C28H42N2O3. The first-order valence-corrected chi connectivity index (χ1v) is 12.5. The number of nitrogens with zero attached hydrogens (tertiary/aromatic N) is 2. The van der Waals surface area contributed by atoms with Crippen molar-refractivity contribution >= 4 is 11.6 Å². The van der Waals surface area contributed by atoms with E-state index < -0.39 is 0 Å². The summed E-state index contributed by atoms with van der Waals surface area (Å²) >= 11 is 0. The van der Waals surface area contributed by atoms with Gasteiger partial charge in [0.05, 0.1) is 0 Å². The van der Waals surface area contributed by atoms with Crippen molar-refractivity contribution in [3.63, 3.8) is 0 Å². The van der Waals surface area contributed by atoms with Gasteiger partial charge in [0.15, 0.2) is 6.29 Å². The monoisotopic (exact) mass is 454 g/mol. The topological polar surface area (TPSA) is 42.0 Å². The molecule has 0 unspecified atom stereocenters. The van der Waals surface area contributed by atoms with Crippen molar-refractivity contribution in [1.82, 2.24) is 4.90 Å². The number of carbonyl (C=O) groups excluding carboxylic acids is 1. The number of ether oxygens (including phenoxy) is 2. The Kier molecular flexibility index (Phi) is 12.8. The third-order valence-corrected chi connectivity index (χ3v) is 5.89. The van der Waals surface area contributed by atoms with Crippen LogP contribution in [0.2, 0.25) is 0 Å². The van der Waals surface area contributed by atoms with Crippen molar-refractivity contribution in [3.05, 3.63) is 66.2 Å². The molecule has 0 atom stereocenters. The molecule has 0 radical (unpaired) electrons. The number of hydrogen-bond donors (Lipinski definition) is 0. The average Bonchev–Trinajstić information content (AvgIpc) is 2.85. The summed E-state index contributed by atoms with van der Waals surface area (Å²) < 4.78 is 10.1. The van der Waals surface area contributed by atoms with Crippen LogP contribution in [-0.2, 0) is 20.7 Å². The number of benzene rings is 2. The minimum absolute atomic E-state index is 0.0370. The van der Waals surface area contributed by atoms with Crippen molar-refractivity contribution in [2.24, 2.45) is 0 Å². The smallest absolute Gasteiger partial charge is 0.226 e. The number of hydrogen-bond acceptors (Lipinski definition) is 4. The number of amides is 1. The van der Waals surface area contributed by atoms with Crippen LogP contribution in [0.1, 0.15) is 52.5 Å². The lowest BCUT2D eigenvalue weighted by atomic mass is 10.0. The number of piperidine rings is 1. The standard InChI is InChI=1S/C22H28N2O.C6H14O2/c1-2-22(25)24(20-11-7-4-8-12-20)21-14-17-23(18-15-21)16-13-19-9-5-3-6-10-19;1-4-7-6(3)8-5-2/h3-12,21H,2,13-18H2,1H3;6H,4-5H2,1-3H3. The molecule has 3 rings (SSSR count). The summed E-state index contributed by atoms with van der Waals surface area (Å²) in [6, 6.07) is 21.1. The average molecular weight is 455 g/mol. The van der Waals surface area contributed by atoms with E-state index in [1.807, 2.05) is 50.8 Å². The highest BCUT2D eigenvalue weighted by molar-refractivity contribution is 5.93. The van der Waals surface area contributed by atoms with Crippen LogP contribution < -0.4 is 4.90 Å². The molecule has 0 bridgehead atoms. The van der Waals surface area contributed by atoms with Crippen molar-refractivity contribution in [1.29, 1.82) is 0 Å². The maximum atomic E-state index is 12.5. The summed E-state index contributed by atoms with van der Waals surface area (Å²) in [5, 5.41) is 0. The van der Waals surface area contributed by atoms with Crippen LogP contribution in [0, 0.1) is 0 Å². The van der Waals surface area contributed by atoms with Gasteiger partial charge >= 0.3 is 0 Å². The van der Waals surface area contributed by atoms with E-state index in [0.29, 0.717) is 12.5 Å². The Balaban J connectivity index is 0.000000414. The van der Waals surface area contributed by atoms with Crippen LogP contribution >= 0.6 is 0 Å². The second kappa shape index (κ2) is 15.6. The molecule has 2 aromatic rings. The molecule has 0 N–H and O–H groups in total. The number of likely N-dealkylation sites (tertiary alicyclic amines) is 1. The summed E-state index contributed by atoms with van der Waals surface area (Å²) in [6.45, 7) is 12.4. The third kappa shape index (κ3) is 9.66. The summed E-state index contributed by atoms with van der Waals surface area (Å²) in [7, 11) is 0. The Labute approximate surface area is 200 Å². The van der Waals surface area contributed by atoms with Gasteiger partial charge in [0.1, 0.15) is 0 Å². The van der Waals surface area contributed by atoms with Gasteiger partial charge in [0, 0.05) is 51.0 Å². The Morgan fingerprint density at radius 3 is 2.00 bits per heavy atom. The van der Waals surface area contributed by atoms with Crippen molar-refractivity contribution < 1.29 is 14.3 Å². The predicted octanol–water partition coefficient (Wildman–Crippen LogP) is 5.54. The predicted molar refractivity (Wildman–Crippen MR) is 137 cm³/mol. The highest BCUT2D eigenvalue weighted by Gasteiger charge is 2.28. The largest absolute Gasteiger partial charge is 0.353 e. The summed E-state index contributed by atoms with van der Waals surface area (Å²) in [4.78, 5) is 17.1. The first-order valence-electron chi connectivity index (χ1n) is 12.5. The highest BCUT2D eigenvalue weighted by atomic mass is 16.7. The second-order valence-corrected chi connectivity index (χ2v) is 8.24. The van der Waals surface area contributed by atoms with Crippen LogP contribution in [0.25, 0.3) is 0 Å². The van der Waals surface area contributed by atoms with Gasteiger partial charge in [0.2, 0.25) is 5.91 Å². The van der Waals surface area contributed by atoms with Crippen LogP contribution in [0.3, 0.4) is 0 Å². The fourth-order valence-electron chi connectivity index (χ4n) is 4.17. The molecule has 2 aromatic carbocycles. The molecule has 1 aliphatic heterocycles. The number of para-hydroxylation sites is 1. The van der Waals surface area contributed by atoms with E-state index >= 15 is 0 Å². The molecule has 0 spiro atoms. The Hall–Kier alpha value is -2.21. The van der Waals surface area contributed by atoms with Gasteiger partial charge in [-0.15, -0.1) is 0 Å². The van der Waals surface area contributed by atoms with E-state index in [1.54, 1.807) is 0 Å². The van der Waals surface area contributed by atoms with Crippen molar-refractivity contribution in [2.75, 3.05) is 37.7 Å². The molecule has 5 heteroatoms. The van der Waals surface area contributed by atoms with Gasteiger partial charge in [0.25, 0.3) is 0 Å². The van der Waals surface area contributed by atoms with E-state index in [9.17, 15) is 4.79 Å². The van der Waals surface area contributed by atoms with Crippen molar-refractivity contribution in [2.45, 2.75) is 65.7 Å². The lowest BCUT2D eigenvalue weighted by molar-refractivity contribution is -0.123. The fraction of sp³-hybridized carbons (Fsp3) is 0.536.